The third-order valence-corrected chi connectivity index (χ3v) is 3.82. The fraction of sp³-hybridized carbons (Fsp3) is 0.538. The SMILES string of the molecule is CC1(C)CCCN1Cc1ccc(F)cc1B(O)O. The van der Waals surface area contributed by atoms with E-state index in [9.17, 15) is 14.4 Å². The van der Waals surface area contributed by atoms with Gasteiger partial charge >= 0.3 is 7.12 Å². The molecule has 1 aromatic rings. The molecule has 0 aromatic heterocycles. The summed E-state index contributed by atoms with van der Waals surface area (Å²) in [6, 6.07) is 4.20. The van der Waals surface area contributed by atoms with Crippen LogP contribution in [0.15, 0.2) is 18.2 Å². The van der Waals surface area contributed by atoms with Crippen LogP contribution in [-0.2, 0) is 6.54 Å². The van der Waals surface area contributed by atoms with Gasteiger partial charge in [0.05, 0.1) is 0 Å². The third-order valence-electron chi connectivity index (χ3n) is 3.82. The Kier molecular flexibility index (Phi) is 3.75. The lowest BCUT2D eigenvalue weighted by atomic mass is 9.76. The Hall–Kier alpha value is -0.905. The van der Waals surface area contributed by atoms with Gasteiger partial charge in [0.25, 0.3) is 0 Å². The highest BCUT2D eigenvalue weighted by Crippen LogP contribution is 2.29. The van der Waals surface area contributed by atoms with Crippen LogP contribution >= 0.6 is 0 Å². The van der Waals surface area contributed by atoms with Crippen molar-refractivity contribution in [1.29, 1.82) is 0 Å². The molecule has 1 aromatic carbocycles. The van der Waals surface area contributed by atoms with Crippen LogP contribution in [0, 0.1) is 5.82 Å². The van der Waals surface area contributed by atoms with Crippen LogP contribution in [0.3, 0.4) is 0 Å². The molecule has 5 heteroatoms. The Morgan fingerprint density at radius 3 is 2.67 bits per heavy atom. The summed E-state index contributed by atoms with van der Waals surface area (Å²) in [5, 5.41) is 18.6. The van der Waals surface area contributed by atoms with E-state index in [0.717, 1.165) is 24.9 Å². The average Bonchev–Trinajstić information content (AvgIpc) is 2.60. The summed E-state index contributed by atoms with van der Waals surface area (Å²) in [6.45, 7) is 5.97. The largest absolute Gasteiger partial charge is 0.488 e. The first kappa shape index (κ1) is 13.5. The zero-order valence-electron chi connectivity index (χ0n) is 10.9. The fourth-order valence-electron chi connectivity index (χ4n) is 2.61. The van der Waals surface area contributed by atoms with Gasteiger partial charge in [-0.3, -0.25) is 4.90 Å². The number of rotatable bonds is 3. The maximum absolute atomic E-state index is 13.1. The molecule has 0 bridgehead atoms. The van der Waals surface area contributed by atoms with E-state index in [0.29, 0.717) is 6.54 Å². The molecule has 0 unspecified atom stereocenters. The molecule has 1 heterocycles. The highest BCUT2D eigenvalue weighted by Gasteiger charge is 2.32. The van der Waals surface area contributed by atoms with Gasteiger partial charge in [-0.25, -0.2) is 4.39 Å². The second-order valence-corrected chi connectivity index (χ2v) is 5.55. The second kappa shape index (κ2) is 5.00. The lowest BCUT2D eigenvalue weighted by Crippen LogP contribution is -2.41. The summed E-state index contributed by atoms with van der Waals surface area (Å²) in [5.74, 6) is -0.442. The van der Waals surface area contributed by atoms with Crippen LogP contribution in [0.25, 0.3) is 0 Å². The molecule has 2 N–H and O–H groups in total. The van der Waals surface area contributed by atoms with Crippen LogP contribution in [0.4, 0.5) is 4.39 Å². The number of hydrogen-bond acceptors (Lipinski definition) is 3. The summed E-state index contributed by atoms with van der Waals surface area (Å²) >= 11 is 0. The predicted octanol–water partition coefficient (Wildman–Crippen LogP) is 0.880. The van der Waals surface area contributed by atoms with E-state index < -0.39 is 12.9 Å². The van der Waals surface area contributed by atoms with E-state index >= 15 is 0 Å². The van der Waals surface area contributed by atoms with Crippen LogP contribution in [0.2, 0.25) is 0 Å². The molecule has 1 fully saturated rings. The Balaban J connectivity index is 2.24. The van der Waals surface area contributed by atoms with Crippen molar-refractivity contribution in [2.24, 2.45) is 0 Å². The van der Waals surface area contributed by atoms with Gasteiger partial charge in [0, 0.05) is 12.1 Å². The minimum atomic E-state index is -1.62. The molecule has 0 saturated carbocycles. The van der Waals surface area contributed by atoms with Gasteiger partial charge in [-0.1, -0.05) is 6.07 Å². The minimum Gasteiger partial charge on any atom is -0.423 e. The summed E-state index contributed by atoms with van der Waals surface area (Å²) < 4.78 is 13.1. The molecule has 98 valence electrons. The van der Waals surface area contributed by atoms with E-state index in [1.54, 1.807) is 6.07 Å². The second-order valence-electron chi connectivity index (χ2n) is 5.55. The number of benzene rings is 1. The summed E-state index contributed by atoms with van der Waals surface area (Å²) in [6.07, 6.45) is 2.27. The summed E-state index contributed by atoms with van der Waals surface area (Å²) in [7, 11) is -1.62. The Bertz CT molecular complexity index is 437. The van der Waals surface area contributed by atoms with Crippen molar-refractivity contribution in [3.8, 4) is 0 Å². The molecule has 0 spiro atoms. The molecular weight excluding hydrogens is 232 g/mol. The van der Waals surface area contributed by atoms with Crippen molar-refractivity contribution in [2.45, 2.75) is 38.8 Å². The highest BCUT2D eigenvalue weighted by molar-refractivity contribution is 6.59. The summed E-state index contributed by atoms with van der Waals surface area (Å²) in [4.78, 5) is 2.30. The number of hydrogen-bond donors (Lipinski definition) is 2. The standard InChI is InChI=1S/C13H19BFNO2/c1-13(2)6-3-7-16(13)9-10-4-5-11(15)8-12(10)14(17)18/h4-5,8,17-18H,3,6-7,9H2,1-2H3. The predicted molar refractivity (Wildman–Crippen MR) is 69.9 cm³/mol. The Morgan fingerprint density at radius 1 is 1.39 bits per heavy atom. The zero-order chi connectivity index (χ0) is 13.3. The molecule has 0 aliphatic carbocycles. The van der Waals surface area contributed by atoms with E-state index in [-0.39, 0.29) is 11.0 Å². The third kappa shape index (κ3) is 2.74. The highest BCUT2D eigenvalue weighted by atomic mass is 19.1. The van der Waals surface area contributed by atoms with Gasteiger partial charge in [0.2, 0.25) is 0 Å². The lowest BCUT2D eigenvalue weighted by Gasteiger charge is -2.32. The molecule has 2 rings (SSSR count). The quantitative estimate of drug-likeness (QED) is 0.784. The van der Waals surface area contributed by atoms with Crippen molar-refractivity contribution in [2.75, 3.05) is 6.54 Å². The van der Waals surface area contributed by atoms with Gasteiger partial charge in [-0.15, -0.1) is 0 Å². The zero-order valence-corrected chi connectivity index (χ0v) is 10.9. The molecule has 1 aliphatic heterocycles. The van der Waals surface area contributed by atoms with Gasteiger partial charge in [0.1, 0.15) is 5.82 Å². The maximum atomic E-state index is 13.1. The first-order chi connectivity index (χ1) is 8.40. The molecule has 18 heavy (non-hydrogen) atoms. The number of halogens is 1. The van der Waals surface area contributed by atoms with Crippen LogP contribution in [-0.4, -0.2) is 34.2 Å². The topological polar surface area (TPSA) is 43.7 Å². The average molecular weight is 251 g/mol. The molecule has 0 amide bonds. The Morgan fingerprint density at radius 2 is 2.11 bits per heavy atom. The molecule has 1 saturated heterocycles. The smallest absolute Gasteiger partial charge is 0.423 e. The van der Waals surface area contributed by atoms with Gasteiger partial charge in [-0.05, 0) is 56.4 Å². The Labute approximate surface area is 107 Å². The minimum absolute atomic E-state index is 0.117. The van der Waals surface area contributed by atoms with Crippen LogP contribution in [0.5, 0.6) is 0 Å². The fourth-order valence-corrected chi connectivity index (χ4v) is 2.61. The molecule has 0 radical (unpaired) electrons. The molecule has 3 nitrogen and oxygen atoms in total. The van der Waals surface area contributed by atoms with E-state index in [1.807, 2.05) is 0 Å². The van der Waals surface area contributed by atoms with Gasteiger partial charge in [-0.2, -0.15) is 0 Å². The van der Waals surface area contributed by atoms with Gasteiger partial charge < -0.3 is 10.0 Å². The van der Waals surface area contributed by atoms with Crippen molar-refractivity contribution >= 4 is 12.6 Å². The normalized spacial score (nSPS) is 19.2. The first-order valence-electron chi connectivity index (χ1n) is 6.30. The monoisotopic (exact) mass is 251 g/mol. The molecule has 0 atom stereocenters. The van der Waals surface area contributed by atoms with Crippen molar-refractivity contribution in [1.82, 2.24) is 4.90 Å². The first-order valence-corrected chi connectivity index (χ1v) is 6.30. The maximum Gasteiger partial charge on any atom is 0.488 e. The number of nitrogens with zero attached hydrogens (tertiary/aromatic N) is 1. The van der Waals surface area contributed by atoms with Crippen molar-refractivity contribution in [3.63, 3.8) is 0 Å². The lowest BCUT2D eigenvalue weighted by molar-refractivity contribution is 0.167. The molecular formula is C13H19BFNO2. The van der Waals surface area contributed by atoms with E-state index in [1.165, 1.54) is 12.1 Å². The van der Waals surface area contributed by atoms with Crippen LogP contribution < -0.4 is 5.46 Å². The summed E-state index contributed by atoms with van der Waals surface area (Å²) in [5.41, 5.74) is 1.16. The van der Waals surface area contributed by atoms with E-state index in [2.05, 4.69) is 18.7 Å². The molecule has 1 aliphatic rings. The van der Waals surface area contributed by atoms with Crippen molar-refractivity contribution < 1.29 is 14.4 Å². The van der Waals surface area contributed by atoms with Gasteiger partial charge in [0.15, 0.2) is 0 Å². The van der Waals surface area contributed by atoms with E-state index in [4.69, 9.17) is 0 Å². The van der Waals surface area contributed by atoms with Crippen molar-refractivity contribution in [3.05, 3.63) is 29.6 Å². The number of likely N-dealkylation sites (tertiary alicyclic amines) is 1. The van der Waals surface area contributed by atoms with Crippen LogP contribution in [0.1, 0.15) is 32.3 Å².